The summed E-state index contributed by atoms with van der Waals surface area (Å²) in [5.74, 6) is -0.211. The van der Waals surface area contributed by atoms with Crippen molar-refractivity contribution in [1.82, 2.24) is 9.78 Å². The molecule has 0 radical (unpaired) electrons. The molecule has 1 heterocycles. The van der Waals surface area contributed by atoms with E-state index in [1.54, 1.807) is 45.3 Å². The van der Waals surface area contributed by atoms with Gasteiger partial charge in [0, 0.05) is 25.5 Å². The van der Waals surface area contributed by atoms with Crippen LogP contribution in [0.3, 0.4) is 0 Å². The second kappa shape index (κ2) is 8.80. The van der Waals surface area contributed by atoms with E-state index < -0.39 is 5.97 Å². The van der Waals surface area contributed by atoms with Gasteiger partial charge in [-0.25, -0.2) is 4.79 Å². The zero-order chi connectivity index (χ0) is 19.1. The average Bonchev–Trinajstić information content (AvgIpc) is 3.00. The Morgan fingerprint density at radius 3 is 2.46 bits per heavy atom. The van der Waals surface area contributed by atoms with Crippen molar-refractivity contribution in [3.05, 3.63) is 41.6 Å². The number of ether oxygens (including phenoxy) is 2. The van der Waals surface area contributed by atoms with Crippen LogP contribution in [0.25, 0.3) is 0 Å². The van der Waals surface area contributed by atoms with Crippen molar-refractivity contribution in [3.63, 3.8) is 0 Å². The maximum Gasteiger partial charge on any atom is 0.343 e. The van der Waals surface area contributed by atoms with Crippen LogP contribution in [0.15, 0.2) is 30.5 Å². The molecule has 0 fully saturated rings. The zero-order valence-corrected chi connectivity index (χ0v) is 14.9. The first-order valence-electron chi connectivity index (χ1n) is 8.12. The lowest BCUT2D eigenvalue weighted by molar-refractivity contribution is -0.116. The van der Waals surface area contributed by atoms with Crippen LogP contribution >= 0.6 is 0 Å². The minimum absolute atomic E-state index is 0.0156. The highest BCUT2D eigenvalue weighted by molar-refractivity contribution is 6.02. The fraction of sp³-hybridized carbons (Fsp3) is 0.333. The molecule has 1 aromatic heterocycles. The third kappa shape index (κ3) is 4.69. The lowest BCUT2D eigenvalue weighted by Crippen LogP contribution is -2.18. The topological polar surface area (TPSA) is 99.5 Å². The van der Waals surface area contributed by atoms with Crippen molar-refractivity contribution in [3.8, 4) is 5.75 Å². The van der Waals surface area contributed by atoms with Crippen LogP contribution < -0.4 is 10.1 Å². The van der Waals surface area contributed by atoms with Crippen molar-refractivity contribution in [1.29, 1.82) is 0 Å². The van der Waals surface area contributed by atoms with E-state index in [9.17, 15) is 14.4 Å². The summed E-state index contributed by atoms with van der Waals surface area (Å²) in [6, 6.07) is 6.68. The number of benzene rings is 1. The Balaban J connectivity index is 1.95. The molecular weight excluding hydrogens is 338 g/mol. The van der Waals surface area contributed by atoms with Gasteiger partial charge >= 0.3 is 5.97 Å². The van der Waals surface area contributed by atoms with Gasteiger partial charge in [0.05, 0.1) is 19.9 Å². The van der Waals surface area contributed by atoms with E-state index in [2.05, 4.69) is 10.4 Å². The summed E-state index contributed by atoms with van der Waals surface area (Å²) < 4.78 is 11.3. The standard InChI is InChI=1S/C18H21N3O5/c1-4-26-18(24)14-11-19-21(2)17(14)20-16(23)10-9-15(22)12-5-7-13(25-3)8-6-12/h5-8,11H,4,9-10H2,1-3H3,(H,20,23). The fourth-order valence-corrected chi connectivity index (χ4v) is 2.29. The summed E-state index contributed by atoms with van der Waals surface area (Å²) in [5.41, 5.74) is 0.676. The number of anilines is 1. The number of rotatable bonds is 8. The lowest BCUT2D eigenvalue weighted by atomic mass is 10.1. The van der Waals surface area contributed by atoms with E-state index in [0.29, 0.717) is 11.3 Å². The molecule has 1 aromatic carbocycles. The number of hydrogen-bond acceptors (Lipinski definition) is 6. The summed E-state index contributed by atoms with van der Waals surface area (Å²) in [4.78, 5) is 36.2. The molecule has 0 saturated heterocycles. The van der Waals surface area contributed by atoms with E-state index in [0.717, 1.165) is 0 Å². The van der Waals surface area contributed by atoms with Gasteiger partial charge in [0.2, 0.25) is 5.91 Å². The van der Waals surface area contributed by atoms with Gasteiger partial charge in [-0.1, -0.05) is 0 Å². The van der Waals surface area contributed by atoms with Crippen LogP contribution in [0.1, 0.15) is 40.5 Å². The number of nitrogens with zero attached hydrogens (tertiary/aromatic N) is 2. The average molecular weight is 359 g/mol. The zero-order valence-electron chi connectivity index (χ0n) is 14.9. The molecule has 0 bridgehead atoms. The predicted molar refractivity (Wildman–Crippen MR) is 94.4 cm³/mol. The van der Waals surface area contributed by atoms with Crippen molar-refractivity contribution in [2.45, 2.75) is 19.8 Å². The number of nitrogens with one attached hydrogen (secondary N) is 1. The normalized spacial score (nSPS) is 10.3. The first-order chi connectivity index (χ1) is 12.5. The molecule has 0 saturated carbocycles. The number of ketones is 1. The molecule has 0 unspecified atom stereocenters. The van der Waals surface area contributed by atoms with Gasteiger partial charge in [0.15, 0.2) is 5.78 Å². The third-order valence-corrected chi connectivity index (χ3v) is 3.68. The monoisotopic (exact) mass is 359 g/mol. The molecule has 138 valence electrons. The molecule has 0 atom stereocenters. The van der Waals surface area contributed by atoms with E-state index in [-0.39, 0.29) is 42.5 Å². The first kappa shape index (κ1) is 19.2. The summed E-state index contributed by atoms with van der Waals surface area (Å²) in [6.45, 7) is 1.91. The quantitative estimate of drug-likeness (QED) is 0.573. The van der Waals surface area contributed by atoms with Crippen LogP contribution in [0.4, 0.5) is 5.82 Å². The van der Waals surface area contributed by atoms with Crippen LogP contribution in [0.5, 0.6) is 5.75 Å². The Morgan fingerprint density at radius 1 is 1.15 bits per heavy atom. The maximum absolute atomic E-state index is 12.2. The molecule has 8 nitrogen and oxygen atoms in total. The van der Waals surface area contributed by atoms with Crippen LogP contribution in [0, 0.1) is 0 Å². The Labute approximate surface area is 151 Å². The fourth-order valence-electron chi connectivity index (χ4n) is 2.29. The molecule has 26 heavy (non-hydrogen) atoms. The second-order valence-electron chi connectivity index (χ2n) is 5.45. The van der Waals surface area contributed by atoms with Crippen molar-refractivity contribution < 1.29 is 23.9 Å². The molecule has 0 spiro atoms. The molecule has 0 aliphatic heterocycles. The van der Waals surface area contributed by atoms with Crippen molar-refractivity contribution >= 4 is 23.5 Å². The Kier molecular flexibility index (Phi) is 6.48. The number of hydrogen-bond donors (Lipinski definition) is 1. The largest absolute Gasteiger partial charge is 0.497 e. The minimum atomic E-state index is -0.565. The molecule has 0 aliphatic carbocycles. The van der Waals surface area contributed by atoms with Gasteiger partial charge in [-0.3, -0.25) is 14.3 Å². The number of esters is 1. The van der Waals surface area contributed by atoms with Gasteiger partial charge in [0.1, 0.15) is 17.1 Å². The molecule has 1 amide bonds. The van der Waals surface area contributed by atoms with Gasteiger partial charge in [0.25, 0.3) is 0 Å². The van der Waals surface area contributed by atoms with Crippen molar-refractivity contribution in [2.24, 2.45) is 7.05 Å². The molecule has 2 aromatic rings. The second-order valence-corrected chi connectivity index (χ2v) is 5.45. The van der Waals surface area contributed by atoms with Crippen LogP contribution in [-0.2, 0) is 16.6 Å². The highest BCUT2D eigenvalue weighted by Gasteiger charge is 2.19. The molecule has 2 rings (SSSR count). The number of methoxy groups -OCH3 is 1. The number of Topliss-reactive ketones (excluding diaryl/α,β-unsaturated/α-hetero) is 1. The lowest BCUT2D eigenvalue weighted by Gasteiger charge is -2.08. The highest BCUT2D eigenvalue weighted by atomic mass is 16.5. The summed E-state index contributed by atoms with van der Waals surface area (Å²) in [7, 11) is 3.14. The minimum Gasteiger partial charge on any atom is -0.497 e. The number of amides is 1. The number of carbonyl (C=O) groups is 3. The van der Waals surface area contributed by atoms with Crippen LogP contribution in [-0.4, -0.2) is 41.2 Å². The molecular formula is C18H21N3O5. The number of aryl methyl sites for hydroxylation is 1. The Hall–Kier alpha value is -3.16. The van der Waals surface area contributed by atoms with Gasteiger partial charge in [-0.05, 0) is 31.2 Å². The number of aromatic nitrogens is 2. The summed E-state index contributed by atoms with van der Waals surface area (Å²) in [5, 5.41) is 6.57. The molecule has 1 N–H and O–H groups in total. The van der Waals surface area contributed by atoms with Crippen LogP contribution in [0.2, 0.25) is 0 Å². The van der Waals surface area contributed by atoms with Gasteiger partial charge < -0.3 is 14.8 Å². The summed E-state index contributed by atoms with van der Waals surface area (Å²) in [6.07, 6.45) is 1.36. The van der Waals surface area contributed by atoms with E-state index in [1.165, 1.54) is 10.9 Å². The summed E-state index contributed by atoms with van der Waals surface area (Å²) >= 11 is 0. The van der Waals surface area contributed by atoms with E-state index >= 15 is 0 Å². The van der Waals surface area contributed by atoms with E-state index in [1.807, 2.05) is 0 Å². The third-order valence-electron chi connectivity index (χ3n) is 3.68. The first-order valence-corrected chi connectivity index (χ1v) is 8.12. The van der Waals surface area contributed by atoms with Crippen molar-refractivity contribution in [2.75, 3.05) is 19.0 Å². The SMILES string of the molecule is CCOC(=O)c1cnn(C)c1NC(=O)CCC(=O)c1ccc(OC)cc1. The Morgan fingerprint density at radius 2 is 1.85 bits per heavy atom. The number of carbonyl (C=O) groups excluding carboxylic acids is 3. The maximum atomic E-state index is 12.2. The van der Waals surface area contributed by atoms with E-state index in [4.69, 9.17) is 9.47 Å². The predicted octanol–water partition coefficient (Wildman–Crippen LogP) is 2.21. The smallest absolute Gasteiger partial charge is 0.343 e. The Bertz CT molecular complexity index is 796. The molecule has 8 heteroatoms. The van der Waals surface area contributed by atoms with Gasteiger partial charge in [-0.15, -0.1) is 0 Å². The highest BCUT2D eigenvalue weighted by Crippen LogP contribution is 2.17. The van der Waals surface area contributed by atoms with Gasteiger partial charge in [-0.2, -0.15) is 5.10 Å². The molecule has 0 aliphatic rings.